The quantitative estimate of drug-likeness (QED) is 0.853. The Kier molecular flexibility index (Phi) is 4.29. The summed E-state index contributed by atoms with van der Waals surface area (Å²) in [5.74, 6) is 0.391. The van der Waals surface area contributed by atoms with Crippen LogP contribution in [0.3, 0.4) is 0 Å². The van der Waals surface area contributed by atoms with E-state index in [1.807, 2.05) is 0 Å². The fourth-order valence-electron chi connectivity index (χ4n) is 1.08. The zero-order valence-corrected chi connectivity index (χ0v) is 9.95. The molecule has 0 aliphatic rings. The van der Waals surface area contributed by atoms with Gasteiger partial charge < -0.3 is 10.5 Å². The Hall–Kier alpha value is -0.870. The van der Waals surface area contributed by atoms with Crippen LogP contribution in [0.2, 0.25) is 5.02 Å². The molecule has 5 heteroatoms. The minimum atomic E-state index is 0.0436. The number of halogens is 1. The normalized spacial score (nSPS) is 12.9. The first-order valence-electron chi connectivity index (χ1n) is 4.85. The molecule has 1 atom stereocenters. The highest BCUT2D eigenvalue weighted by atomic mass is 35.5. The fourth-order valence-corrected chi connectivity index (χ4v) is 1.25. The number of methoxy groups -OCH3 is 1. The molecule has 0 spiro atoms. The van der Waals surface area contributed by atoms with Gasteiger partial charge in [0.1, 0.15) is 0 Å². The van der Waals surface area contributed by atoms with Crippen molar-refractivity contribution < 1.29 is 4.74 Å². The summed E-state index contributed by atoms with van der Waals surface area (Å²) in [5, 5.41) is 0.534. The first-order chi connectivity index (χ1) is 7.04. The monoisotopic (exact) mass is 229 g/mol. The average molecular weight is 230 g/mol. The predicted molar refractivity (Wildman–Crippen MR) is 60.1 cm³/mol. The number of ether oxygens (including phenoxy) is 1. The van der Waals surface area contributed by atoms with Gasteiger partial charge in [-0.25, -0.2) is 4.98 Å². The molecule has 0 bridgehead atoms. The minimum absolute atomic E-state index is 0.0436. The van der Waals surface area contributed by atoms with Gasteiger partial charge in [-0.1, -0.05) is 25.4 Å². The van der Waals surface area contributed by atoms with E-state index in [0.29, 0.717) is 23.4 Å². The first-order valence-corrected chi connectivity index (χ1v) is 5.23. The molecule has 0 amide bonds. The third-order valence-corrected chi connectivity index (χ3v) is 2.58. The van der Waals surface area contributed by atoms with Crippen LogP contribution in [0.1, 0.15) is 19.5 Å². The van der Waals surface area contributed by atoms with Gasteiger partial charge in [-0.05, 0) is 5.92 Å². The molecule has 0 fully saturated rings. The van der Waals surface area contributed by atoms with Crippen LogP contribution in [-0.2, 0) is 6.42 Å². The third-order valence-electron chi connectivity index (χ3n) is 2.26. The maximum Gasteiger partial charge on any atom is 0.316 e. The van der Waals surface area contributed by atoms with Crippen molar-refractivity contribution in [3.8, 4) is 6.01 Å². The van der Waals surface area contributed by atoms with E-state index in [2.05, 4.69) is 23.8 Å². The van der Waals surface area contributed by atoms with Crippen molar-refractivity contribution in [1.82, 2.24) is 9.97 Å². The molecule has 15 heavy (non-hydrogen) atoms. The second-order valence-electron chi connectivity index (χ2n) is 3.76. The van der Waals surface area contributed by atoms with Gasteiger partial charge in [-0.2, -0.15) is 4.98 Å². The maximum atomic E-state index is 5.97. The third kappa shape index (κ3) is 3.32. The molecule has 1 rings (SSSR count). The average Bonchev–Trinajstić information content (AvgIpc) is 2.21. The van der Waals surface area contributed by atoms with E-state index in [4.69, 9.17) is 22.1 Å². The van der Waals surface area contributed by atoms with Gasteiger partial charge in [0.15, 0.2) is 0 Å². The van der Waals surface area contributed by atoms with Crippen LogP contribution in [0.4, 0.5) is 0 Å². The minimum Gasteiger partial charge on any atom is -0.467 e. The molecule has 84 valence electrons. The molecular formula is C10H16ClN3O. The molecule has 0 saturated carbocycles. The zero-order valence-electron chi connectivity index (χ0n) is 9.20. The lowest BCUT2D eigenvalue weighted by Gasteiger charge is -2.15. The van der Waals surface area contributed by atoms with Gasteiger partial charge in [-0.3, -0.25) is 0 Å². The molecule has 0 aliphatic heterocycles. The maximum absolute atomic E-state index is 5.97. The second kappa shape index (κ2) is 5.28. The molecule has 1 heterocycles. The van der Waals surface area contributed by atoms with Gasteiger partial charge in [-0.15, -0.1) is 0 Å². The molecule has 1 unspecified atom stereocenters. The highest BCUT2D eigenvalue weighted by Gasteiger charge is 2.13. The number of nitrogens with zero attached hydrogens (tertiary/aromatic N) is 2. The van der Waals surface area contributed by atoms with Gasteiger partial charge >= 0.3 is 6.01 Å². The van der Waals surface area contributed by atoms with Gasteiger partial charge in [0.25, 0.3) is 0 Å². The van der Waals surface area contributed by atoms with E-state index in [1.165, 1.54) is 13.3 Å². The lowest BCUT2D eigenvalue weighted by atomic mass is 10.0. The van der Waals surface area contributed by atoms with Gasteiger partial charge in [0, 0.05) is 12.5 Å². The Morgan fingerprint density at radius 2 is 2.20 bits per heavy atom. The summed E-state index contributed by atoms with van der Waals surface area (Å²) in [5.41, 5.74) is 6.69. The summed E-state index contributed by atoms with van der Waals surface area (Å²) < 4.78 is 4.93. The van der Waals surface area contributed by atoms with Crippen LogP contribution in [0.25, 0.3) is 0 Å². The fraction of sp³-hybridized carbons (Fsp3) is 0.600. The lowest BCUT2D eigenvalue weighted by Crippen LogP contribution is -2.29. The number of aromatic nitrogens is 2. The largest absolute Gasteiger partial charge is 0.467 e. The van der Waals surface area contributed by atoms with Crippen molar-refractivity contribution in [3.05, 3.63) is 16.9 Å². The Morgan fingerprint density at radius 1 is 1.53 bits per heavy atom. The SMILES string of the molecule is COc1ncc(Cl)c(CC(N)C(C)C)n1. The highest BCUT2D eigenvalue weighted by molar-refractivity contribution is 6.31. The van der Waals surface area contributed by atoms with E-state index in [9.17, 15) is 0 Å². The molecule has 4 nitrogen and oxygen atoms in total. The summed E-state index contributed by atoms with van der Waals surface area (Å²) in [6, 6.07) is 0.368. The van der Waals surface area contributed by atoms with Crippen molar-refractivity contribution in [3.63, 3.8) is 0 Å². The van der Waals surface area contributed by atoms with Crippen molar-refractivity contribution >= 4 is 11.6 Å². The van der Waals surface area contributed by atoms with Crippen LogP contribution >= 0.6 is 11.6 Å². The summed E-state index contributed by atoms with van der Waals surface area (Å²) in [7, 11) is 1.52. The number of nitrogens with two attached hydrogens (primary N) is 1. The number of rotatable bonds is 4. The Labute approximate surface area is 94.8 Å². The van der Waals surface area contributed by atoms with E-state index in [0.717, 1.165) is 5.69 Å². The molecule has 0 aliphatic carbocycles. The molecular weight excluding hydrogens is 214 g/mol. The van der Waals surface area contributed by atoms with E-state index < -0.39 is 0 Å². The standard InChI is InChI=1S/C10H16ClN3O/c1-6(2)8(12)4-9-7(11)5-13-10(14-9)15-3/h5-6,8H,4,12H2,1-3H3. The van der Waals surface area contributed by atoms with E-state index in [-0.39, 0.29) is 6.04 Å². The smallest absolute Gasteiger partial charge is 0.316 e. The molecule has 0 radical (unpaired) electrons. The van der Waals surface area contributed by atoms with Crippen molar-refractivity contribution in [2.75, 3.05) is 7.11 Å². The van der Waals surface area contributed by atoms with Crippen molar-refractivity contribution in [1.29, 1.82) is 0 Å². The Bertz CT molecular complexity index is 330. The van der Waals surface area contributed by atoms with Crippen LogP contribution < -0.4 is 10.5 Å². The Balaban J connectivity index is 2.83. The molecule has 1 aromatic rings. The predicted octanol–water partition coefficient (Wildman–Crippen LogP) is 1.66. The molecule has 2 N–H and O–H groups in total. The summed E-state index contributed by atoms with van der Waals surface area (Å²) in [6.45, 7) is 4.13. The van der Waals surface area contributed by atoms with Crippen LogP contribution in [0, 0.1) is 5.92 Å². The van der Waals surface area contributed by atoms with Crippen LogP contribution in [0.15, 0.2) is 6.20 Å². The van der Waals surface area contributed by atoms with Crippen molar-refractivity contribution in [2.45, 2.75) is 26.3 Å². The zero-order chi connectivity index (χ0) is 11.4. The van der Waals surface area contributed by atoms with E-state index in [1.54, 1.807) is 0 Å². The van der Waals surface area contributed by atoms with Crippen molar-refractivity contribution in [2.24, 2.45) is 11.7 Å². The second-order valence-corrected chi connectivity index (χ2v) is 4.17. The number of hydrogen-bond donors (Lipinski definition) is 1. The molecule has 1 aromatic heterocycles. The Morgan fingerprint density at radius 3 is 2.73 bits per heavy atom. The van der Waals surface area contributed by atoms with Gasteiger partial charge in [0.2, 0.25) is 0 Å². The molecule has 0 aromatic carbocycles. The van der Waals surface area contributed by atoms with Gasteiger partial charge in [0.05, 0.1) is 24.0 Å². The highest BCUT2D eigenvalue weighted by Crippen LogP contribution is 2.17. The molecule has 0 saturated heterocycles. The lowest BCUT2D eigenvalue weighted by molar-refractivity contribution is 0.376. The topological polar surface area (TPSA) is 61.0 Å². The summed E-state index contributed by atoms with van der Waals surface area (Å²) in [6.07, 6.45) is 2.17. The van der Waals surface area contributed by atoms with Crippen LogP contribution in [-0.4, -0.2) is 23.1 Å². The number of hydrogen-bond acceptors (Lipinski definition) is 4. The van der Waals surface area contributed by atoms with E-state index >= 15 is 0 Å². The first kappa shape index (κ1) is 12.2. The summed E-state index contributed by atoms with van der Waals surface area (Å²) in [4.78, 5) is 8.07. The van der Waals surface area contributed by atoms with Crippen LogP contribution in [0.5, 0.6) is 6.01 Å². The summed E-state index contributed by atoms with van der Waals surface area (Å²) >= 11 is 5.97.